The van der Waals surface area contributed by atoms with Crippen LogP contribution < -0.4 is 11.2 Å². The first-order valence-electron chi connectivity index (χ1n) is 10.3. The number of aliphatic hydroxyl groups is 3. The predicted octanol–water partition coefficient (Wildman–Crippen LogP) is 0.754. The molecule has 1 rings (SSSR count). The second kappa shape index (κ2) is 11.0. The molecule has 0 saturated heterocycles. The Hall–Kier alpha value is -1.33. The minimum Gasteiger partial charge on any atom is -0.394 e. The van der Waals surface area contributed by atoms with Crippen molar-refractivity contribution in [3.8, 4) is 0 Å². The molecule has 0 bridgehead atoms. The highest BCUT2D eigenvalue weighted by Gasteiger charge is 2.48. The third-order valence-electron chi connectivity index (χ3n) is 5.66. The number of nitrogens with zero attached hydrogens (tertiary/aromatic N) is 1. The highest BCUT2D eigenvalue weighted by Crippen LogP contribution is 2.60. The fraction of sp³-hybridized carbons (Fsp3) is 0.789. The minimum absolute atomic E-state index is 0.0356. The molecule has 0 spiro atoms. The molecule has 4 atom stereocenters. The molecule has 0 saturated carbocycles. The lowest BCUT2D eigenvalue weighted by molar-refractivity contribution is -0.0764. The summed E-state index contributed by atoms with van der Waals surface area (Å²) in [5, 5.41) is 28.1. The molecule has 0 amide bonds. The Labute approximate surface area is 181 Å². The summed E-state index contributed by atoms with van der Waals surface area (Å²) in [6.45, 7) is 5.73. The zero-order chi connectivity index (χ0) is 24.0. The number of aryl methyl sites for hydroxylation is 1. The highest BCUT2D eigenvalue weighted by molar-refractivity contribution is 7.54. The maximum Gasteiger partial charge on any atom is 0.359 e. The van der Waals surface area contributed by atoms with Gasteiger partial charge in [-0.2, -0.15) is 0 Å². The molecule has 0 aliphatic rings. The number of nitrogens with one attached hydrogen (secondary N) is 1. The van der Waals surface area contributed by atoms with Gasteiger partial charge in [0.05, 0.1) is 24.4 Å². The van der Waals surface area contributed by atoms with Crippen LogP contribution in [-0.4, -0.2) is 60.0 Å². The maximum absolute atomic E-state index is 12.8. The molecule has 1 aromatic rings. The summed E-state index contributed by atoms with van der Waals surface area (Å²) in [7, 11) is -2.99. The Bertz CT molecular complexity index is 880. The van der Waals surface area contributed by atoms with Crippen molar-refractivity contribution < 1.29 is 34.0 Å². The third kappa shape index (κ3) is 6.58. The number of aliphatic hydroxyl groups excluding tert-OH is 2. The lowest BCUT2D eigenvalue weighted by Gasteiger charge is -2.37. The number of rotatable bonds is 13. The maximum atomic E-state index is 12.8. The lowest BCUT2D eigenvalue weighted by atomic mass is 10.00. The Kier molecular flexibility index (Phi) is 9.83. The van der Waals surface area contributed by atoms with Crippen LogP contribution in [0.4, 0.5) is 0 Å². The van der Waals surface area contributed by atoms with E-state index in [9.17, 15) is 34.4 Å². The summed E-state index contributed by atoms with van der Waals surface area (Å²) in [5.41, 5.74) is -2.60. The zero-order valence-corrected chi connectivity index (χ0v) is 19.6. The van der Waals surface area contributed by atoms with Crippen molar-refractivity contribution in [2.45, 2.75) is 76.5 Å². The van der Waals surface area contributed by atoms with Crippen molar-refractivity contribution >= 4 is 7.60 Å². The van der Waals surface area contributed by atoms with Crippen LogP contribution in [0.3, 0.4) is 0 Å². The number of hydrogen-bond acceptors (Lipinski definition) is 8. The lowest BCUT2D eigenvalue weighted by Crippen LogP contribution is -2.37. The SMILES string of the molecule is CCC(C)(CCO[C@@H](c1cn(C)c(=O)[nH]c1=O)[C@H](O)CO)OP(=O)(O)C(O)(CC)CC. The molecule has 31 heavy (non-hydrogen) atoms. The molecule has 5 N–H and O–H groups in total. The predicted molar refractivity (Wildman–Crippen MR) is 114 cm³/mol. The molecular formula is C19H35N2O9P. The van der Waals surface area contributed by atoms with Gasteiger partial charge in [-0.05, 0) is 26.2 Å². The summed E-state index contributed by atoms with van der Waals surface area (Å²) in [6, 6.07) is 0. The molecule has 11 nitrogen and oxygen atoms in total. The molecule has 180 valence electrons. The molecule has 0 aliphatic carbocycles. The van der Waals surface area contributed by atoms with E-state index in [-0.39, 0.29) is 31.4 Å². The first-order valence-corrected chi connectivity index (χ1v) is 11.8. The van der Waals surface area contributed by atoms with Crippen LogP contribution in [0.1, 0.15) is 65.0 Å². The van der Waals surface area contributed by atoms with Crippen molar-refractivity contribution in [1.29, 1.82) is 0 Å². The van der Waals surface area contributed by atoms with Crippen molar-refractivity contribution in [2.75, 3.05) is 13.2 Å². The van der Waals surface area contributed by atoms with E-state index in [0.29, 0.717) is 6.42 Å². The van der Waals surface area contributed by atoms with E-state index < -0.39 is 48.6 Å². The van der Waals surface area contributed by atoms with Crippen molar-refractivity contribution in [3.05, 3.63) is 32.6 Å². The average Bonchev–Trinajstić information content (AvgIpc) is 2.72. The fourth-order valence-corrected chi connectivity index (χ4v) is 4.80. The Morgan fingerprint density at radius 1 is 1.23 bits per heavy atom. The summed E-state index contributed by atoms with van der Waals surface area (Å²) < 4.78 is 25.0. The van der Waals surface area contributed by atoms with Gasteiger partial charge in [-0.3, -0.25) is 14.3 Å². The number of aromatic amines is 1. The second-order valence-electron chi connectivity index (χ2n) is 7.85. The topological polar surface area (TPSA) is 171 Å². The quantitative estimate of drug-likeness (QED) is 0.263. The number of hydrogen-bond donors (Lipinski definition) is 5. The van der Waals surface area contributed by atoms with Crippen LogP contribution >= 0.6 is 7.60 Å². The van der Waals surface area contributed by atoms with E-state index in [1.54, 1.807) is 27.7 Å². The van der Waals surface area contributed by atoms with Crippen LogP contribution in [0, 0.1) is 0 Å². The number of ether oxygens (including phenoxy) is 1. The summed E-state index contributed by atoms with van der Waals surface area (Å²) >= 11 is 0. The van der Waals surface area contributed by atoms with Gasteiger partial charge in [0.2, 0.25) is 0 Å². The monoisotopic (exact) mass is 466 g/mol. The largest absolute Gasteiger partial charge is 0.394 e. The van der Waals surface area contributed by atoms with E-state index in [1.165, 1.54) is 13.2 Å². The van der Waals surface area contributed by atoms with Crippen LogP contribution in [0.5, 0.6) is 0 Å². The Morgan fingerprint density at radius 3 is 2.29 bits per heavy atom. The van der Waals surface area contributed by atoms with Gasteiger partial charge < -0.3 is 34.0 Å². The van der Waals surface area contributed by atoms with E-state index in [4.69, 9.17) is 9.26 Å². The van der Waals surface area contributed by atoms with Crippen LogP contribution in [0.2, 0.25) is 0 Å². The van der Waals surface area contributed by atoms with Gasteiger partial charge in [0, 0.05) is 19.7 Å². The highest BCUT2D eigenvalue weighted by atomic mass is 31.2. The van der Waals surface area contributed by atoms with Gasteiger partial charge in [-0.1, -0.05) is 20.8 Å². The number of H-pyrrole nitrogens is 1. The van der Waals surface area contributed by atoms with Crippen LogP contribution in [0.25, 0.3) is 0 Å². The molecule has 2 unspecified atom stereocenters. The molecular weight excluding hydrogens is 431 g/mol. The van der Waals surface area contributed by atoms with Crippen LogP contribution in [-0.2, 0) is 20.9 Å². The fourth-order valence-electron chi connectivity index (χ4n) is 3.01. The van der Waals surface area contributed by atoms with Crippen molar-refractivity contribution in [1.82, 2.24) is 9.55 Å². The normalized spacial score (nSPS) is 18.2. The first kappa shape index (κ1) is 27.7. The standard InChI is InChI=1S/C19H35N2O9P/c1-6-18(4,30-31(27,28)19(26,7-2)8-3)9-10-29-15(14(23)12-22)13-11-21(5)17(25)20-16(13)24/h11,14-15,22-23,26H,6-10,12H2,1-5H3,(H,27,28)(H,20,24,25)/t14-,15+,18?/m1/s1. The average molecular weight is 466 g/mol. The summed E-state index contributed by atoms with van der Waals surface area (Å²) in [4.78, 5) is 36.2. The van der Waals surface area contributed by atoms with Gasteiger partial charge >= 0.3 is 13.3 Å². The van der Waals surface area contributed by atoms with Gasteiger partial charge in [-0.25, -0.2) is 4.79 Å². The van der Waals surface area contributed by atoms with E-state index >= 15 is 0 Å². The molecule has 1 heterocycles. The molecule has 0 fully saturated rings. The molecule has 1 aromatic heterocycles. The van der Waals surface area contributed by atoms with Gasteiger partial charge in [-0.15, -0.1) is 0 Å². The Balaban J connectivity index is 3.04. The number of aromatic nitrogens is 2. The molecule has 0 aromatic carbocycles. The molecule has 12 heteroatoms. The summed E-state index contributed by atoms with van der Waals surface area (Å²) in [6.07, 6.45) is -0.993. The van der Waals surface area contributed by atoms with Gasteiger partial charge in [0.15, 0.2) is 5.34 Å². The second-order valence-corrected chi connectivity index (χ2v) is 9.91. The molecule has 0 radical (unpaired) electrons. The van der Waals surface area contributed by atoms with Crippen molar-refractivity contribution in [2.24, 2.45) is 7.05 Å². The summed E-state index contributed by atoms with van der Waals surface area (Å²) in [5.74, 6) is 0. The minimum atomic E-state index is -4.40. The third-order valence-corrected chi connectivity index (χ3v) is 8.03. The molecule has 0 aliphatic heterocycles. The van der Waals surface area contributed by atoms with E-state index in [2.05, 4.69) is 4.98 Å². The van der Waals surface area contributed by atoms with Crippen LogP contribution in [0.15, 0.2) is 15.8 Å². The smallest absolute Gasteiger partial charge is 0.359 e. The Morgan fingerprint density at radius 2 is 1.81 bits per heavy atom. The van der Waals surface area contributed by atoms with Gasteiger partial charge in [0.1, 0.15) is 12.2 Å². The van der Waals surface area contributed by atoms with E-state index in [0.717, 1.165) is 4.57 Å². The zero-order valence-electron chi connectivity index (χ0n) is 18.7. The van der Waals surface area contributed by atoms with Gasteiger partial charge in [0.25, 0.3) is 5.56 Å². The first-order chi connectivity index (χ1) is 14.3. The van der Waals surface area contributed by atoms with Crippen molar-refractivity contribution in [3.63, 3.8) is 0 Å². The van der Waals surface area contributed by atoms with E-state index in [1.807, 2.05) is 0 Å².